The fourth-order valence-electron chi connectivity index (χ4n) is 2.40. The Balaban J connectivity index is 2.08. The van der Waals surface area contributed by atoms with Gasteiger partial charge in [-0.15, -0.1) is 0 Å². The first kappa shape index (κ1) is 17.7. The number of carbonyl (C=O) groups excluding carboxylic acids is 1. The standard InChI is InChI=1S/C19H30O2/c1-3-5-6-7-8-9-10-14-19(20)21-16-18-13-11-12-17(4-2)15-18/h11-13,15H,3-10,14,16H2,1-2H3. The van der Waals surface area contributed by atoms with Gasteiger partial charge in [-0.25, -0.2) is 0 Å². The van der Waals surface area contributed by atoms with Gasteiger partial charge in [0.15, 0.2) is 0 Å². The SMILES string of the molecule is CCCCCCCCCC(=O)OCc1cccc(CC)c1. The number of esters is 1. The second kappa shape index (κ2) is 11.4. The van der Waals surface area contributed by atoms with Crippen molar-refractivity contribution in [1.82, 2.24) is 0 Å². The number of rotatable bonds is 11. The van der Waals surface area contributed by atoms with Crippen molar-refractivity contribution in [3.8, 4) is 0 Å². The van der Waals surface area contributed by atoms with Crippen LogP contribution in [0.5, 0.6) is 0 Å². The van der Waals surface area contributed by atoms with Crippen LogP contribution in [0, 0.1) is 0 Å². The summed E-state index contributed by atoms with van der Waals surface area (Å²) in [5, 5.41) is 0. The van der Waals surface area contributed by atoms with E-state index < -0.39 is 0 Å². The van der Waals surface area contributed by atoms with Crippen LogP contribution in [0.25, 0.3) is 0 Å². The van der Waals surface area contributed by atoms with Gasteiger partial charge in [-0.2, -0.15) is 0 Å². The number of carbonyl (C=O) groups is 1. The van der Waals surface area contributed by atoms with E-state index in [1.165, 1.54) is 37.7 Å². The third-order valence-corrected chi connectivity index (χ3v) is 3.78. The van der Waals surface area contributed by atoms with E-state index >= 15 is 0 Å². The lowest BCUT2D eigenvalue weighted by Crippen LogP contribution is -2.04. The van der Waals surface area contributed by atoms with Gasteiger partial charge in [0.2, 0.25) is 0 Å². The molecule has 0 amide bonds. The fraction of sp³-hybridized carbons (Fsp3) is 0.632. The Morgan fingerprint density at radius 3 is 2.33 bits per heavy atom. The summed E-state index contributed by atoms with van der Waals surface area (Å²) in [5.74, 6) is -0.0644. The zero-order valence-corrected chi connectivity index (χ0v) is 13.7. The molecule has 0 radical (unpaired) electrons. The Bertz CT molecular complexity index is 398. The minimum atomic E-state index is -0.0644. The molecule has 0 aromatic heterocycles. The van der Waals surface area contributed by atoms with Gasteiger partial charge >= 0.3 is 5.97 Å². The van der Waals surface area contributed by atoms with Gasteiger partial charge in [-0.3, -0.25) is 4.79 Å². The van der Waals surface area contributed by atoms with Crippen LogP contribution in [0.3, 0.4) is 0 Å². The van der Waals surface area contributed by atoms with E-state index in [9.17, 15) is 4.79 Å². The molecule has 0 spiro atoms. The summed E-state index contributed by atoms with van der Waals surface area (Å²) in [7, 11) is 0. The number of unbranched alkanes of at least 4 members (excludes halogenated alkanes) is 6. The van der Waals surface area contributed by atoms with Gasteiger partial charge in [0.1, 0.15) is 6.61 Å². The molecule has 2 nitrogen and oxygen atoms in total. The van der Waals surface area contributed by atoms with Crippen LogP contribution in [0.2, 0.25) is 0 Å². The monoisotopic (exact) mass is 290 g/mol. The van der Waals surface area contributed by atoms with Crippen LogP contribution in [0.15, 0.2) is 24.3 Å². The van der Waals surface area contributed by atoms with E-state index in [0.717, 1.165) is 24.8 Å². The Kier molecular flexibility index (Phi) is 9.60. The summed E-state index contributed by atoms with van der Waals surface area (Å²) in [4.78, 5) is 11.7. The van der Waals surface area contributed by atoms with Crippen molar-refractivity contribution in [3.63, 3.8) is 0 Å². The lowest BCUT2D eigenvalue weighted by Gasteiger charge is -2.06. The van der Waals surface area contributed by atoms with E-state index in [1.807, 2.05) is 12.1 Å². The minimum absolute atomic E-state index is 0.0644. The van der Waals surface area contributed by atoms with Crippen LogP contribution in [-0.4, -0.2) is 5.97 Å². The number of benzene rings is 1. The Labute approximate surface area is 129 Å². The van der Waals surface area contributed by atoms with Crippen molar-refractivity contribution < 1.29 is 9.53 Å². The maximum atomic E-state index is 11.7. The second-order valence-electron chi connectivity index (χ2n) is 5.71. The van der Waals surface area contributed by atoms with Gasteiger partial charge in [0, 0.05) is 6.42 Å². The van der Waals surface area contributed by atoms with Crippen LogP contribution < -0.4 is 0 Å². The molecule has 21 heavy (non-hydrogen) atoms. The first-order valence-corrected chi connectivity index (χ1v) is 8.49. The highest BCUT2D eigenvalue weighted by molar-refractivity contribution is 5.69. The average molecular weight is 290 g/mol. The molecule has 0 saturated carbocycles. The summed E-state index contributed by atoms with van der Waals surface area (Å²) in [5.41, 5.74) is 2.37. The van der Waals surface area contributed by atoms with E-state index in [1.54, 1.807) is 0 Å². The molecule has 0 fully saturated rings. The average Bonchev–Trinajstić information content (AvgIpc) is 2.52. The van der Waals surface area contributed by atoms with Crippen LogP contribution in [0.4, 0.5) is 0 Å². The normalized spacial score (nSPS) is 10.6. The quantitative estimate of drug-likeness (QED) is 0.401. The molecule has 0 saturated heterocycles. The van der Waals surface area contributed by atoms with Crippen molar-refractivity contribution in [1.29, 1.82) is 0 Å². The molecular formula is C19H30O2. The van der Waals surface area contributed by atoms with Crippen molar-refractivity contribution >= 4 is 5.97 Å². The molecule has 0 aliphatic heterocycles. The highest BCUT2D eigenvalue weighted by Crippen LogP contribution is 2.10. The molecule has 0 aliphatic carbocycles. The van der Waals surface area contributed by atoms with Gasteiger partial charge in [-0.1, -0.05) is 76.6 Å². The molecule has 0 atom stereocenters. The summed E-state index contributed by atoms with van der Waals surface area (Å²) in [6, 6.07) is 8.25. The van der Waals surface area contributed by atoms with Crippen molar-refractivity contribution in [2.45, 2.75) is 78.2 Å². The van der Waals surface area contributed by atoms with Crippen LogP contribution in [-0.2, 0) is 22.6 Å². The highest BCUT2D eigenvalue weighted by atomic mass is 16.5. The molecule has 1 aromatic rings. The first-order chi connectivity index (χ1) is 10.3. The summed E-state index contributed by atoms with van der Waals surface area (Å²) in [6.45, 7) is 4.76. The molecule has 1 rings (SSSR count). The summed E-state index contributed by atoms with van der Waals surface area (Å²) in [6.07, 6.45) is 10.2. The van der Waals surface area contributed by atoms with Crippen LogP contribution >= 0.6 is 0 Å². The first-order valence-electron chi connectivity index (χ1n) is 8.49. The van der Waals surface area contributed by atoms with E-state index in [4.69, 9.17) is 4.74 Å². The largest absolute Gasteiger partial charge is 0.461 e. The van der Waals surface area contributed by atoms with Crippen LogP contribution in [0.1, 0.15) is 76.3 Å². The van der Waals surface area contributed by atoms with E-state index in [2.05, 4.69) is 26.0 Å². The number of hydrogen-bond acceptors (Lipinski definition) is 2. The third-order valence-electron chi connectivity index (χ3n) is 3.78. The lowest BCUT2D eigenvalue weighted by atomic mass is 10.1. The minimum Gasteiger partial charge on any atom is -0.461 e. The second-order valence-corrected chi connectivity index (χ2v) is 5.71. The number of aryl methyl sites for hydroxylation is 1. The summed E-state index contributed by atoms with van der Waals surface area (Å²) >= 11 is 0. The van der Waals surface area contributed by atoms with Crippen molar-refractivity contribution in [2.75, 3.05) is 0 Å². The molecule has 0 heterocycles. The molecule has 0 aliphatic rings. The maximum absolute atomic E-state index is 11.7. The maximum Gasteiger partial charge on any atom is 0.306 e. The van der Waals surface area contributed by atoms with E-state index in [-0.39, 0.29) is 5.97 Å². The summed E-state index contributed by atoms with van der Waals surface area (Å²) < 4.78 is 5.33. The zero-order chi connectivity index (χ0) is 15.3. The Morgan fingerprint density at radius 2 is 1.62 bits per heavy atom. The molecule has 0 N–H and O–H groups in total. The third kappa shape index (κ3) is 8.54. The highest BCUT2D eigenvalue weighted by Gasteiger charge is 2.03. The zero-order valence-electron chi connectivity index (χ0n) is 13.7. The molecular weight excluding hydrogens is 260 g/mol. The molecule has 2 heteroatoms. The predicted octanol–water partition coefficient (Wildman–Crippen LogP) is 5.43. The Hall–Kier alpha value is -1.31. The molecule has 0 unspecified atom stereocenters. The van der Waals surface area contributed by atoms with Gasteiger partial charge in [0.05, 0.1) is 0 Å². The predicted molar refractivity (Wildman–Crippen MR) is 88.2 cm³/mol. The number of hydrogen-bond donors (Lipinski definition) is 0. The Morgan fingerprint density at radius 1 is 0.952 bits per heavy atom. The van der Waals surface area contributed by atoms with E-state index in [0.29, 0.717) is 13.0 Å². The van der Waals surface area contributed by atoms with Crippen molar-refractivity contribution in [2.24, 2.45) is 0 Å². The molecule has 118 valence electrons. The van der Waals surface area contributed by atoms with Crippen molar-refractivity contribution in [3.05, 3.63) is 35.4 Å². The van der Waals surface area contributed by atoms with Gasteiger partial charge in [-0.05, 0) is 24.0 Å². The molecule has 1 aromatic carbocycles. The topological polar surface area (TPSA) is 26.3 Å². The number of ether oxygens (including phenoxy) is 1. The lowest BCUT2D eigenvalue weighted by molar-refractivity contribution is -0.145. The van der Waals surface area contributed by atoms with Gasteiger partial charge in [0.25, 0.3) is 0 Å². The fourth-order valence-corrected chi connectivity index (χ4v) is 2.40. The smallest absolute Gasteiger partial charge is 0.306 e. The molecule has 0 bridgehead atoms. The van der Waals surface area contributed by atoms with Gasteiger partial charge < -0.3 is 4.74 Å².